The number of anilines is 1. The summed E-state index contributed by atoms with van der Waals surface area (Å²) in [5.41, 5.74) is 0.514. The van der Waals surface area contributed by atoms with Gasteiger partial charge in [0.25, 0.3) is 10.0 Å². The molecule has 0 saturated carbocycles. The van der Waals surface area contributed by atoms with Crippen molar-refractivity contribution >= 4 is 25.7 Å². The van der Waals surface area contributed by atoms with Crippen molar-refractivity contribution in [1.82, 2.24) is 4.31 Å². The van der Waals surface area contributed by atoms with E-state index in [1.807, 2.05) is 0 Å². The van der Waals surface area contributed by atoms with Crippen LogP contribution in [0.5, 0.6) is 0 Å². The first kappa shape index (κ1) is 18.8. The van der Waals surface area contributed by atoms with E-state index < -0.39 is 25.9 Å². The fourth-order valence-electron chi connectivity index (χ4n) is 2.90. The van der Waals surface area contributed by atoms with Crippen molar-refractivity contribution in [2.24, 2.45) is 0 Å². The molecule has 0 aliphatic carbocycles. The van der Waals surface area contributed by atoms with Crippen LogP contribution in [0.4, 0.5) is 10.1 Å². The topological polar surface area (TPSA) is 83.5 Å². The minimum atomic E-state index is -3.90. The van der Waals surface area contributed by atoms with Crippen molar-refractivity contribution in [1.29, 1.82) is 0 Å². The highest BCUT2D eigenvalue weighted by Gasteiger charge is 2.27. The molecule has 0 aromatic heterocycles. The lowest BCUT2D eigenvalue weighted by molar-refractivity contribution is 0.477. The fraction of sp³-hybridized carbons (Fsp3) is 0.294. The van der Waals surface area contributed by atoms with E-state index in [4.69, 9.17) is 0 Å². The summed E-state index contributed by atoms with van der Waals surface area (Å²) < 4.78 is 66.9. The molecule has 0 bridgehead atoms. The number of nitrogens with one attached hydrogen (secondary N) is 1. The molecule has 0 radical (unpaired) electrons. The normalized spacial score (nSPS) is 15.9. The zero-order chi connectivity index (χ0) is 18.9. The highest BCUT2D eigenvalue weighted by atomic mass is 32.2. The third-order valence-electron chi connectivity index (χ3n) is 4.24. The highest BCUT2D eigenvalue weighted by molar-refractivity contribution is 7.92. The maximum absolute atomic E-state index is 13.2. The maximum atomic E-state index is 13.2. The second-order valence-electron chi connectivity index (χ2n) is 6.15. The van der Waals surface area contributed by atoms with Gasteiger partial charge in [-0.15, -0.1) is 0 Å². The number of hydrogen-bond acceptors (Lipinski definition) is 4. The van der Waals surface area contributed by atoms with Gasteiger partial charge in [-0.05, 0) is 67.8 Å². The molecule has 2 aromatic carbocycles. The monoisotopic (exact) mass is 398 g/mol. The first-order chi connectivity index (χ1) is 12.2. The third-order valence-corrected chi connectivity index (χ3v) is 7.69. The summed E-state index contributed by atoms with van der Waals surface area (Å²) in [5, 5.41) is 0. The number of sulfonamides is 2. The van der Waals surface area contributed by atoms with Crippen LogP contribution >= 0.6 is 0 Å². The van der Waals surface area contributed by atoms with Crippen molar-refractivity contribution in [2.75, 3.05) is 17.8 Å². The Morgan fingerprint density at radius 3 is 2.15 bits per heavy atom. The van der Waals surface area contributed by atoms with Crippen molar-refractivity contribution in [3.8, 4) is 0 Å². The van der Waals surface area contributed by atoms with Gasteiger partial charge in [0, 0.05) is 18.8 Å². The van der Waals surface area contributed by atoms with E-state index in [1.54, 1.807) is 0 Å². The van der Waals surface area contributed by atoms with E-state index in [-0.39, 0.29) is 21.0 Å². The largest absolute Gasteiger partial charge is 0.280 e. The first-order valence-electron chi connectivity index (χ1n) is 8.09. The quantitative estimate of drug-likeness (QED) is 0.839. The van der Waals surface area contributed by atoms with E-state index in [1.165, 1.54) is 41.6 Å². The predicted octanol–water partition coefficient (Wildman–Crippen LogP) is 2.72. The number of aryl methyl sites for hydroxylation is 1. The van der Waals surface area contributed by atoms with Gasteiger partial charge < -0.3 is 0 Å². The van der Waals surface area contributed by atoms with Crippen LogP contribution in [0.3, 0.4) is 0 Å². The predicted molar refractivity (Wildman–Crippen MR) is 96.4 cm³/mol. The molecule has 2 aromatic rings. The van der Waals surface area contributed by atoms with Crippen LogP contribution in [0.1, 0.15) is 18.4 Å². The lowest BCUT2D eigenvalue weighted by atomic mass is 10.2. The summed E-state index contributed by atoms with van der Waals surface area (Å²) in [6.07, 6.45) is 1.68. The van der Waals surface area contributed by atoms with Crippen LogP contribution < -0.4 is 4.72 Å². The van der Waals surface area contributed by atoms with E-state index in [0.717, 1.165) is 25.0 Å². The van der Waals surface area contributed by atoms with Gasteiger partial charge >= 0.3 is 0 Å². The molecule has 26 heavy (non-hydrogen) atoms. The Morgan fingerprint density at radius 2 is 1.58 bits per heavy atom. The van der Waals surface area contributed by atoms with E-state index >= 15 is 0 Å². The zero-order valence-electron chi connectivity index (χ0n) is 14.1. The number of nitrogens with zero attached hydrogens (tertiary/aromatic N) is 1. The van der Waals surface area contributed by atoms with Gasteiger partial charge in [-0.1, -0.05) is 0 Å². The van der Waals surface area contributed by atoms with Crippen LogP contribution in [0.15, 0.2) is 52.3 Å². The van der Waals surface area contributed by atoms with E-state index in [9.17, 15) is 21.2 Å². The summed E-state index contributed by atoms with van der Waals surface area (Å²) in [7, 11) is -7.45. The Balaban J connectivity index is 1.83. The molecule has 3 rings (SSSR count). The molecule has 9 heteroatoms. The maximum Gasteiger partial charge on any atom is 0.262 e. The number of rotatable bonds is 5. The standard InChI is InChI=1S/C17H19FN2O4S2/c1-13-12-14(18)4-9-17(13)25(21,22)19-15-5-7-16(8-6-15)26(23,24)20-10-2-3-11-20/h4-9,12,19H,2-3,10-11H2,1H3. The Kier molecular flexibility index (Phi) is 5.05. The van der Waals surface area contributed by atoms with Crippen LogP contribution in [0, 0.1) is 12.7 Å². The second-order valence-corrected chi connectivity index (χ2v) is 9.74. The fourth-order valence-corrected chi connectivity index (χ4v) is 5.70. The average Bonchev–Trinajstić information content (AvgIpc) is 3.10. The van der Waals surface area contributed by atoms with Gasteiger partial charge in [0.15, 0.2) is 0 Å². The smallest absolute Gasteiger partial charge is 0.262 e. The molecule has 1 N–H and O–H groups in total. The Labute approximate surface area is 152 Å². The van der Waals surface area contributed by atoms with Crippen molar-refractivity contribution in [3.05, 3.63) is 53.8 Å². The van der Waals surface area contributed by atoms with Gasteiger partial charge in [0.2, 0.25) is 10.0 Å². The molecule has 1 heterocycles. The number of hydrogen-bond donors (Lipinski definition) is 1. The van der Waals surface area contributed by atoms with Crippen molar-refractivity contribution < 1.29 is 21.2 Å². The third kappa shape index (κ3) is 3.74. The molecule has 1 aliphatic rings. The van der Waals surface area contributed by atoms with Crippen molar-refractivity contribution in [2.45, 2.75) is 29.6 Å². The first-order valence-corrected chi connectivity index (χ1v) is 11.0. The second kappa shape index (κ2) is 6.98. The average molecular weight is 398 g/mol. The van der Waals surface area contributed by atoms with Crippen LogP contribution in [-0.4, -0.2) is 34.2 Å². The van der Waals surface area contributed by atoms with E-state index in [2.05, 4.69) is 4.72 Å². The molecule has 1 aliphatic heterocycles. The molecule has 0 amide bonds. The van der Waals surface area contributed by atoms with E-state index in [0.29, 0.717) is 13.1 Å². The summed E-state index contributed by atoms with van der Waals surface area (Å²) in [4.78, 5) is 0.0907. The summed E-state index contributed by atoms with van der Waals surface area (Å²) >= 11 is 0. The molecule has 0 unspecified atom stereocenters. The van der Waals surface area contributed by atoms with Gasteiger partial charge in [-0.2, -0.15) is 4.31 Å². The number of halogens is 1. The Morgan fingerprint density at radius 1 is 0.962 bits per heavy atom. The SMILES string of the molecule is Cc1cc(F)ccc1S(=O)(=O)Nc1ccc(S(=O)(=O)N2CCCC2)cc1. The summed E-state index contributed by atoms with van der Waals surface area (Å²) in [5.74, 6) is -0.516. The summed E-state index contributed by atoms with van der Waals surface area (Å²) in [6, 6.07) is 8.97. The molecule has 0 atom stereocenters. The minimum absolute atomic E-state index is 0.0346. The van der Waals surface area contributed by atoms with Gasteiger partial charge in [-0.3, -0.25) is 4.72 Å². The summed E-state index contributed by atoms with van der Waals surface area (Å²) in [6.45, 7) is 2.50. The van der Waals surface area contributed by atoms with Gasteiger partial charge in [0.05, 0.1) is 9.79 Å². The molecule has 1 saturated heterocycles. The van der Waals surface area contributed by atoms with Crippen LogP contribution in [0.25, 0.3) is 0 Å². The number of benzene rings is 2. The molecule has 140 valence electrons. The molecule has 1 fully saturated rings. The highest BCUT2D eigenvalue weighted by Crippen LogP contribution is 2.24. The molecule has 6 nitrogen and oxygen atoms in total. The lowest BCUT2D eigenvalue weighted by Crippen LogP contribution is -2.27. The molecular weight excluding hydrogens is 379 g/mol. The van der Waals surface area contributed by atoms with Crippen LogP contribution in [0.2, 0.25) is 0 Å². The van der Waals surface area contributed by atoms with Gasteiger partial charge in [0.1, 0.15) is 5.82 Å². The Bertz CT molecular complexity index is 1010. The molecular formula is C17H19FN2O4S2. The van der Waals surface area contributed by atoms with Gasteiger partial charge in [-0.25, -0.2) is 21.2 Å². The lowest BCUT2D eigenvalue weighted by Gasteiger charge is -2.16. The molecule has 0 spiro atoms. The van der Waals surface area contributed by atoms with Crippen LogP contribution in [-0.2, 0) is 20.0 Å². The zero-order valence-corrected chi connectivity index (χ0v) is 15.8. The van der Waals surface area contributed by atoms with Crippen molar-refractivity contribution in [3.63, 3.8) is 0 Å². The Hall–Kier alpha value is -1.97. The minimum Gasteiger partial charge on any atom is -0.280 e.